The van der Waals surface area contributed by atoms with Gasteiger partial charge >= 0.3 is 0 Å². The van der Waals surface area contributed by atoms with Crippen molar-refractivity contribution in [1.29, 1.82) is 0 Å². The summed E-state index contributed by atoms with van der Waals surface area (Å²) in [4.78, 5) is 0. The lowest BCUT2D eigenvalue weighted by Gasteiger charge is -2.12. The van der Waals surface area contributed by atoms with Crippen LogP contribution in [0.25, 0.3) is 0 Å². The molecule has 0 aliphatic carbocycles. The van der Waals surface area contributed by atoms with Crippen LogP contribution in [0.3, 0.4) is 0 Å². The third-order valence-corrected chi connectivity index (χ3v) is 4.13. The third kappa shape index (κ3) is 3.42. The molecule has 1 aromatic heterocycles. The molecule has 6 heteroatoms. The first kappa shape index (κ1) is 15.5. The number of rotatable bonds is 5. The van der Waals surface area contributed by atoms with Crippen LogP contribution in [0.4, 0.5) is 0 Å². The topological polar surface area (TPSA) is 47.3 Å². The minimum atomic E-state index is 0.700. The largest absolute Gasteiger partial charge is 0.495 e. The maximum Gasteiger partial charge on any atom is 0.138 e. The van der Waals surface area contributed by atoms with Gasteiger partial charge in [0.05, 0.1) is 17.3 Å². The first-order valence-electron chi connectivity index (χ1n) is 6.17. The van der Waals surface area contributed by atoms with Crippen LogP contribution in [0.15, 0.2) is 25.6 Å². The molecule has 0 spiro atoms. The van der Waals surface area contributed by atoms with Crippen LogP contribution in [0.1, 0.15) is 22.6 Å². The van der Waals surface area contributed by atoms with Crippen LogP contribution in [-0.2, 0) is 13.1 Å². The molecule has 0 fully saturated rings. The maximum atomic E-state index is 5.43. The molecule has 1 N–H and O–H groups in total. The minimum Gasteiger partial charge on any atom is -0.495 e. The Morgan fingerprint density at radius 3 is 2.60 bits per heavy atom. The Morgan fingerprint density at radius 2 is 2.00 bits per heavy atom. The molecule has 0 aliphatic rings. The highest BCUT2D eigenvalue weighted by Crippen LogP contribution is 2.32. The minimum absolute atomic E-state index is 0.700. The summed E-state index contributed by atoms with van der Waals surface area (Å²) < 4.78 is 12.5. The lowest BCUT2D eigenvalue weighted by atomic mass is 10.1. The van der Waals surface area contributed by atoms with Gasteiger partial charge in [0.1, 0.15) is 11.5 Å². The van der Waals surface area contributed by atoms with Crippen molar-refractivity contribution < 1.29 is 9.26 Å². The van der Waals surface area contributed by atoms with Crippen molar-refractivity contribution in [3.8, 4) is 5.75 Å². The molecule has 0 aliphatic heterocycles. The molecule has 2 rings (SSSR count). The molecular weight excluding hydrogens is 388 g/mol. The molecule has 108 valence electrons. The number of hydrogen-bond acceptors (Lipinski definition) is 4. The van der Waals surface area contributed by atoms with E-state index in [4.69, 9.17) is 9.26 Å². The first-order valence-corrected chi connectivity index (χ1v) is 7.76. The van der Waals surface area contributed by atoms with E-state index in [9.17, 15) is 0 Å². The highest BCUT2D eigenvalue weighted by atomic mass is 79.9. The standard InChI is InChI=1S/C14H16Br2N2O2/c1-8-12(9(2)20-18-8)7-17-6-10-4-11(15)5-13(16)14(10)19-3/h4-5,17H,6-7H2,1-3H3. The van der Waals surface area contributed by atoms with Gasteiger partial charge in [0.2, 0.25) is 0 Å². The van der Waals surface area contributed by atoms with Crippen LogP contribution < -0.4 is 10.1 Å². The molecule has 4 nitrogen and oxygen atoms in total. The van der Waals surface area contributed by atoms with Gasteiger partial charge in [-0.15, -0.1) is 0 Å². The van der Waals surface area contributed by atoms with Gasteiger partial charge < -0.3 is 14.6 Å². The fourth-order valence-electron chi connectivity index (χ4n) is 2.05. The van der Waals surface area contributed by atoms with E-state index in [-0.39, 0.29) is 0 Å². The Morgan fingerprint density at radius 1 is 1.25 bits per heavy atom. The van der Waals surface area contributed by atoms with E-state index < -0.39 is 0 Å². The molecule has 0 radical (unpaired) electrons. The van der Waals surface area contributed by atoms with Gasteiger partial charge in [-0.25, -0.2) is 0 Å². The summed E-state index contributed by atoms with van der Waals surface area (Å²) in [6.07, 6.45) is 0. The zero-order valence-corrected chi connectivity index (χ0v) is 14.8. The van der Waals surface area contributed by atoms with Crippen molar-refractivity contribution in [2.45, 2.75) is 26.9 Å². The van der Waals surface area contributed by atoms with E-state index in [0.717, 1.165) is 37.3 Å². The van der Waals surface area contributed by atoms with Crippen LogP contribution in [0, 0.1) is 13.8 Å². The highest BCUT2D eigenvalue weighted by molar-refractivity contribution is 9.11. The Kier molecular flexibility index (Phi) is 5.23. The van der Waals surface area contributed by atoms with Gasteiger partial charge in [-0.3, -0.25) is 0 Å². The van der Waals surface area contributed by atoms with Crippen molar-refractivity contribution in [3.63, 3.8) is 0 Å². The zero-order valence-electron chi connectivity index (χ0n) is 11.6. The molecule has 1 heterocycles. The monoisotopic (exact) mass is 402 g/mol. The van der Waals surface area contributed by atoms with E-state index in [1.54, 1.807) is 7.11 Å². The molecule has 0 saturated carbocycles. The molecule has 0 unspecified atom stereocenters. The molecule has 0 bridgehead atoms. The van der Waals surface area contributed by atoms with E-state index in [0.29, 0.717) is 13.1 Å². The number of nitrogens with zero attached hydrogens (tertiary/aromatic N) is 1. The number of aryl methyl sites for hydroxylation is 2. The average Bonchev–Trinajstić information content (AvgIpc) is 2.70. The third-order valence-electron chi connectivity index (χ3n) is 3.09. The van der Waals surface area contributed by atoms with Gasteiger partial charge in [-0.05, 0) is 41.9 Å². The maximum absolute atomic E-state index is 5.43. The van der Waals surface area contributed by atoms with Gasteiger partial charge in [-0.1, -0.05) is 21.1 Å². The second-order valence-corrected chi connectivity index (χ2v) is 6.26. The number of halogens is 2. The summed E-state index contributed by atoms with van der Waals surface area (Å²) in [5, 5.41) is 7.34. The number of hydrogen-bond donors (Lipinski definition) is 1. The van der Waals surface area contributed by atoms with E-state index in [1.165, 1.54) is 0 Å². The van der Waals surface area contributed by atoms with Gasteiger partial charge in [0.15, 0.2) is 0 Å². The van der Waals surface area contributed by atoms with E-state index >= 15 is 0 Å². The lowest BCUT2D eigenvalue weighted by molar-refractivity contribution is 0.391. The Bertz CT molecular complexity index is 592. The molecular formula is C14H16Br2N2O2. The number of ether oxygens (including phenoxy) is 1. The number of methoxy groups -OCH3 is 1. The molecule has 0 saturated heterocycles. The Labute approximate surface area is 135 Å². The number of benzene rings is 1. The van der Waals surface area contributed by atoms with Gasteiger partial charge in [0, 0.05) is 28.7 Å². The van der Waals surface area contributed by atoms with Crippen molar-refractivity contribution in [2.75, 3.05) is 7.11 Å². The molecule has 20 heavy (non-hydrogen) atoms. The summed E-state index contributed by atoms with van der Waals surface area (Å²) in [6, 6.07) is 4.01. The highest BCUT2D eigenvalue weighted by Gasteiger charge is 2.11. The summed E-state index contributed by atoms with van der Waals surface area (Å²) >= 11 is 7.00. The molecule has 0 amide bonds. The SMILES string of the molecule is COc1c(Br)cc(Br)cc1CNCc1c(C)noc1C. The van der Waals surface area contributed by atoms with Crippen LogP contribution in [-0.4, -0.2) is 12.3 Å². The summed E-state index contributed by atoms with van der Waals surface area (Å²) in [5.74, 6) is 1.71. The molecule has 1 aromatic carbocycles. The predicted molar refractivity (Wildman–Crippen MR) is 84.9 cm³/mol. The van der Waals surface area contributed by atoms with Crippen molar-refractivity contribution in [1.82, 2.24) is 10.5 Å². The second kappa shape index (κ2) is 6.74. The quantitative estimate of drug-likeness (QED) is 0.815. The zero-order chi connectivity index (χ0) is 14.7. The second-order valence-electron chi connectivity index (χ2n) is 4.49. The fourth-order valence-corrected chi connectivity index (χ4v) is 3.53. The van der Waals surface area contributed by atoms with E-state index in [1.807, 2.05) is 26.0 Å². The summed E-state index contributed by atoms with van der Waals surface area (Å²) in [6.45, 7) is 5.29. The predicted octanol–water partition coefficient (Wildman–Crippen LogP) is 4.11. The Balaban J connectivity index is 2.08. The molecule has 0 atom stereocenters. The average molecular weight is 404 g/mol. The Hall–Kier alpha value is -0.850. The molecule has 2 aromatic rings. The van der Waals surface area contributed by atoms with Crippen molar-refractivity contribution >= 4 is 31.9 Å². The summed E-state index contributed by atoms with van der Waals surface area (Å²) in [7, 11) is 1.67. The van der Waals surface area contributed by atoms with Crippen LogP contribution >= 0.6 is 31.9 Å². The van der Waals surface area contributed by atoms with Gasteiger partial charge in [-0.2, -0.15) is 0 Å². The van der Waals surface area contributed by atoms with E-state index in [2.05, 4.69) is 42.3 Å². The number of nitrogens with one attached hydrogen (secondary N) is 1. The number of aromatic nitrogens is 1. The van der Waals surface area contributed by atoms with Crippen LogP contribution in [0.5, 0.6) is 5.75 Å². The fraction of sp³-hybridized carbons (Fsp3) is 0.357. The van der Waals surface area contributed by atoms with Gasteiger partial charge in [0.25, 0.3) is 0 Å². The first-order chi connectivity index (χ1) is 9.52. The van der Waals surface area contributed by atoms with Crippen molar-refractivity contribution in [2.24, 2.45) is 0 Å². The summed E-state index contributed by atoms with van der Waals surface area (Å²) in [5.41, 5.74) is 3.12. The van der Waals surface area contributed by atoms with Crippen LogP contribution in [0.2, 0.25) is 0 Å². The van der Waals surface area contributed by atoms with Crippen molar-refractivity contribution in [3.05, 3.63) is 43.7 Å². The smallest absolute Gasteiger partial charge is 0.138 e. The lowest BCUT2D eigenvalue weighted by Crippen LogP contribution is -2.14. The normalized spacial score (nSPS) is 10.8.